The Balaban J connectivity index is 2.16. The number of aryl methyl sites for hydroxylation is 1. The molecule has 0 aliphatic heterocycles. The van der Waals surface area contributed by atoms with E-state index in [9.17, 15) is 9.90 Å². The first-order chi connectivity index (χ1) is 9.92. The van der Waals surface area contributed by atoms with Crippen LogP contribution in [0.25, 0.3) is 11.1 Å². The summed E-state index contributed by atoms with van der Waals surface area (Å²) in [5.74, 6) is -0.762. The van der Waals surface area contributed by atoms with Crippen molar-refractivity contribution in [2.24, 2.45) is 5.41 Å². The molecule has 0 atom stereocenters. The van der Waals surface area contributed by atoms with E-state index in [0.29, 0.717) is 6.42 Å². The van der Waals surface area contributed by atoms with E-state index in [4.69, 9.17) is 0 Å². The monoisotopic (exact) mass is 282 g/mol. The molecule has 0 heterocycles. The van der Waals surface area contributed by atoms with Gasteiger partial charge < -0.3 is 5.11 Å². The quantitative estimate of drug-likeness (QED) is 0.872. The lowest BCUT2D eigenvalue weighted by Gasteiger charge is -2.19. The highest BCUT2D eigenvalue weighted by atomic mass is 16.4. The van der Waals surface area contributed by atoms with Crippen molar-refractivity contribution in [3.8, 4) is 11.1 Å². The van der Waals surface area contributed by atoms with Gasteiger partial charge in [0.25, 0.3) is 0 Å². The molecule has 0 aromatic heterocycles. The van der Waals surface area contributed by atoms with Crippen LogP contribution in [0.5, 0.6) is 0 Å². The van der Waals surface area contributed by atoms with Gasteiger partial charge >= 0.3 is 5.97 Å². The number of aliphatic carboxylic acids is 1. The zero-order valence-electron chi connectivity index (χ0n) is 12.9. The van der Waals surface area contributed by atoms with Crippen LogP contribution in [-0.2, 0) is 17.6 Å². The average molecular weight is 282 g/mol. The van der Waals surface area contributed by atoms with E-state index in [1.54, 1.807) is 13.8 Å². The lowest BCUT2D eigenvalue weighted by atomic mass is 9.85. The van der Waals surface area contributed by atoms with Gasteiger partial charge in [0.05, 0.1) is 5.41 Å². The molecule has 0 amide bonds. The number of carboxylic acid groups (broad SMARTS) is 1. The molecule has 0 saturated heterocycles. The molecule has 0 saturated carbocycles. The first-order valence-electron chi connectivity index (χ1n) is 7.34. The van der Waals surface area contributed by atoms with Gasteiger partial charge in [-0.2, -0.15) is 0 Å². The number of carboxylic acids is 1. The molecule has 0 aliphatic rings. The van der Waals surface area contributed by atoms with Crippen LogP contribution < -0.4 is 0 Å². The maximum atomic E-state index is 11.2. The van der Waals surface area contributed by atoms with Gasteiger partial charge in [-0.15, -0.1) is 0 Å². The Bertz CT molecular complexity index is 607. The maximum Gasteiger partial charge on any atom is 0.309 e. The van der Waals surface area contributed by atoms with Crippen molar-refractivity contribution in [3.63, 3.8) is 0 Å². The minimum absolute atomic E-state index is 0.539. The van der Waals surface area contributed by atoms with E-state index in [2.05, 4.69) is 43.3 Å². The maximum absolute atomic E-state index is 11.2. The SMILES string of the molecule is CCc1ccc(-c2ccc(CC(C)(C)C(=O)O)cc2)cc1. The Hall–Kier alpha value is -2.09. The van der Waals surface area contributed by atoms with E-state index in [-0.39, 0.29) is 0 Å². The van der Waals surface area contributed by atoms with Crippen molar-refractivity contribution in [1.29, 1.82) is 0 Å². The molecule has 1 N–H and O–H groups in total. The molecule has 2 rings (SSSR count). The van der Waals surface area contributed by atoms with Crippen LogP contribution >= 0.6 is 0 Å². The van der Waals surface area contributed by atoms with Crippen molar-refractivity contribution in [1.82, 2.24) is 0 Å². The lowest BCUT2D eigenvalue weighted by molar-refractivity contribution is -0.146. The largest absolute Gasteiger partial charge is 0.481 e. The van der Waals surface area contributed by atoms with Crippen molar-refractivity contribution in [3.05, 3.63) is 59.7 Å². The predicted octanol–water partition coefficient (Wildman–Crippen LogP) is 4.57. The Morgan fingerprint density at radius 1 is 0.905 bits per heavy atom. The third-order valence-corrected chi connectivity index (χ3v) is 3.87. The van der Waals surface area contributed by atoms with Crippen LogP contribution in [0, 0.1) is 5.41 Å². The van der Waals surface area contributed by atoms with Crippen molar-refractivity contribution >= 4 is 5.97 Å². The van der Waals surface area contributed by atoms with Crippen LogP contribution in [0.4, 0.5) is 0 Å². The summed E-state index contributed by atoms with van der Waals surface area (Å²) in [6.07, 6.45) is 1.58. The highest BCUT2D eigenvalue weighted by Gasteiger charge is 2.27. The Morgan fingerprint density at radius 3 is 1.71 bits per heavy atom. The van der Waals surface area contributed by atoms with Crippen molar-refractivity contribution < 1.29 is 9.90 Å². The van der Waals surface area contributed by atoms with Crippen LogP contribution in [0.1, 0.15) is 31.9 Å². The molecule has 110 valence electrons. The van der Waals surface area contributed by atoms with E-state index in [1.807, 2.05) is 12.1 Å². The predicted molar refractivity (Wildman–Crippen MR) is 86.4 cm³/mol. The summed E-state index contributed by atoms with van der Waals surface area (Å²) in [5.41, 5.74) is 4.00. The second-order valence-electron chi connectivity index (χ2n) is 6.11. The zero-order valence-corrected chi connectivity index (χ0v) is 12.9. The van der Waals surface area contributed by atoms with Gasteiger partial charge in [0, 0.05) is 0 Å². The summed E-state index contributed by atoms with van der Waals surface area (Å²) in [6, 6.07) is 16.7. The van der Waals surface area contributed by atoms with Gasteiger partial charge in [-0.3, -0.25) is 4.79 Å². The Labute approximate surface area is 126 Å². The average Bonchev–Trinajstić information content (AvgIpc) is 2.48. The fraction of sp³-hybridized carbons (Fsp3) is 0.316. The van der Waals surface area contributed by atoms with E-state index >= 15 is 0 Å². The smallest absolute Gasteiger partial charge is 0.309 e. The van der Waals surface area contributed by atoms with Gasteiger partial charge in [0.1, 0.15) is 0 Å². The van der Waals surface area contributed by atoms with E-state index in [1.165, 1.54) is 11.1 Å². The van der Waals surface area contributed by atoms with Gasteiger partial charge in [-0.25, -0.2) is 0 Å². The summed E-state index contributed by atoms with van der Waals surface area (Å²) in [4.78, 5) is 11.2. The van der Waals surface area contributed by atoms with Crippen LogP contribution in [0.3, 0.4) is 0 Å². The standard InChI is InChI=1S/C19H22O2/c1-4-14-5-9-16(10-6-14)17-11-7-15(8-12-17)13-19(2,3)18(20)21/h5-12H,4,13H2,1-3H3,(H,20,21). The molecule has 2 heteroatoms. The molecule has 0 fully saturated rings. The summed E-state index contributed by atoms with van der Waals surface area (Å²) < 4.78 is 0. The summed E-state index contributed by atoms with van der Waals surface area (Å²) in [6.45, 7) is 5.66. The topological polar surface area (TPSA) is 37.3 Å². The molecule has 2 aromatic rings. The first-order valence-corrected chi connectivity index (χ1v) is 7.34. The Kier molecular flexibility index (Phi) is 4.46. The molecule has 21 heavy (non-hydrogen) atoms. The van der Waals surface area contributed by atoms with E-state index in [0.717, 1.165) is 17.5 Å². The lowest BCUT2D eigenvalue weighted by Crippen LogP contribution is -2.26. The van der Waals surface area contributed by atoms with Gasteiger partial charge in [-0.1, -0.05) is 55.5 Å². The molecular weight excluding hydrogens is 260 g/mol. The molecule has 2 aromatic carbocycles. The molecule has 0 spiro atoms. The minimum Gasteiger partial charge on any atom is -0.481 e. The zero-order chi connectivity index (χ0) is 15.5. The number of carbonyl (C=O) groups is 1. The van der Waals surface area contributed by atoms with E-state index < -0.39 is 11.4 Å². The second-order valence-corrected chi connectivity index (χ2v) is 6.11. The number of hydrogen-bond acceptors (Lipinski definition) is 1. The fourth-order valence-corrected chi connectivity index (χ4v) is 2.33. The third kappa shape index (κ3) is 3.72. The molecule has 0 bridgehead atoms. The normalized spacial score (nSPS) is 11.4. The number of hydrogen-bond donors (Lipinski definition) is 1. The van der Waals surface area contributed by atoms with Gasteiger partial charge in [0.15, 0.2) is 0 Å². The third-order valence-electron chi connectivity index (χ3n) is 3.87. The Morgan fingerprint density at radius 2 is 1.33 bits per heavy atom. The fourth-order valence-electron chi connectivity index (χ4n) is 2.33. The number of rotatable bonds is 5. The molecule has 0 unspecified atom stereocenters. The molecular formula is C19H22O2. The molecule has 2 nitrogen and oxygen atoms in total. The van der Waals surface area contributed by atoms with Crippen LogP contribution in [0.15, 0.2) is 48.5 Å². The van der Waals surface area contributed by atoms with Gasteiger partial charge in [-0.05, 0) is 48.9 Å². The summed E-state index contributed by atoms with van der Waals surface area (Å²) in [5, 5.41) is 9.18. The number of benzene rings is 2. The summed E-state index contributed by atoms with van der Waals surface area (Å²) in [7, 11) is 0. The van der Waals surface area contributed by atoms with Crippen molar-refractivity contribution in [2.45, 2.75) is 33.6 Å². The van der Waals surface area contributed by atoms with Crippen LogP contribution in [0.2, 0.25) is 0 Å². The highest BCUT2D eigenvalue weighted by molar-refractivity contribution is 5.74. The van der Waals surface area contributed by atoms with Gasteiger partial charge in [0.2, 0.25) is 0 Å². The van der Waals surface area contributed by atoms with Crippen LogP contribution in [-0.4, -0.2) is 11.1 Å². The van der Waals surface area contributed by atoms with Crippen molar-refractivity contribution in [2.75, 3.05) is 0 Å². The first kappa shape index (κ1) is 15.3. The minimum atomic E-state index is -0.762. The molecule has 0 aliphatic carbocycles. The highest BCUT2D eigenvalue weighted by Crippen LogP contribution is 2.25. The second kappa shape index (κ2) is 6.13. The summed E-state index contributed by atoms with van der Waals surface area (Å²) >= 11 is 0. The molecule has 0 radical (unpaired) electrons.